The smallest absolute Gasteiger partial charge is 0.208 e. The van der Waals surface area contributed by atoms with Crippen LogP contribution in [0.3, 0.4) is 0 Å². The largest absolute Gasteiger partial charge is 0.313 e. The van der Waals surface area contributed by atoms with Crippen molar-refractivity contribution in [1.82, 2.24) is 14.9 Å². The molecule has 0 unspecified atom stereocenters. The Kier molecular flexibility index (Phi) is 4.82. The fourth-order valence-electron chi connectivity index (χ4n) is 3.65. The Hall–Kier alpha value is -0.950. The third-order valence-electron chi connectivity index (χ3n) is 4.72. The molecular formula is C16H25N3O2S. The number of hydrogen-bond acceptors (Lipinski definition) is 4. The van der Waals surface area contributed by atoms with E-state index < -0.39 is 10.0 Å². The predicted octanol–water partition coefficient (Wildman–Crippen LogP) is 0.887. The average Bonchev–Trinajstić information content (AvgIpc) is 2.50. The summed E-state index contributed by atoms with van der Waals surface area (Å²) in [5.41, 5.74) is 2.97. The topological polar surface area (TPSA) is 61.4 Å². The molecule has 2 atom stereocenters. The van der Waals surface area contributed by atoms with Gasteiger partial charge in [-0.15, -0.1) is 0 Å². The zero-order chi connectivity index (χ0) is 15.6. The SMILES string of the molecule is CS(=O)(=O)NCCN[C@H]1CCN2CCc3ccccc3[C@@H]2C1. The van der Waals surface area contributed by atoms with Gasteiger partial charge in [0.05, 0.1) is 6.26 Å². The van der Waals surface area contributed by atoms with E-state index in [0.717, 1.165) is 32.4 Å². The van der Waals surface area contributed by atoms with Gasteiger partial charge in [-0.2, -0.15) is 0 Å². The molecule has 122 valence electrons. The van der Waals surface area contributed by atoms with Gasteiger partial charge in [-0.25, -0.2) is 13.1 Å². The molecule has 1 saturated heterocycles. The van der Waals surface area contributed by atoms with Gasteiger partial charge < -0.3 is 5.32 Å². The predicted molar refractivity (Wildman–Crippen MR) is 88.3 cm³/mol. The molecule has 1 aromatic rings. The number of benzene rings is 1. The van der Waals surface area contributed by atoms with Crippen LogP contribution in [-0.4, -0.2) is 51.8 Å². The number of hydrogen-bond donors (Lipinski definition) is 2. The van der Waals surface area contributed by atoms with E-state index in [2.05, 4.69) is 39.2 Å². The zero-order valence-electron chi connectivity index (χ0n) is 13.1. The molecule has 0 amide bonds. The Balaban J connectivity index is 1.56. The lowest BCUT2D eigenvalue weighted by Gasteiger charge is -2.43. The summed E-state index contributed by atoms with van der Waals surface area (Å²) in [7, 11) is -3.08. The van der Waals surface area contributed by atoms with Crippen molar-refractivity contribution in [2.75, 3.05) is 32.4 Å². The fourth-order valence-corrected chi connectivity index (χ4v) is 4.13. The lowest BCUT2D eigenvalue weighted by Crippen LogP contribution is -2.48. The van der Waals surface area contributed by atoms with Crippen molar-refractivity contribution in [2.45, 2.75) is 31.3 Å². The summed E-state index contributed by atoms with van der Waals surface area (Å²) in [6.07, 6.45) is 4.60. The molecule has 3 rings (SSSR count). The van der Waals surface area contributed by atoms with Crippen LogP contribution in [0.1, 0.15) is 30.0 Å². The third kappa shape index (κ3) is 3.87. The van der Waals surface area contributed by atoms with Crippen LogP contribution >= 0.6 is 0 Å². The Labute approximate surface area is 133 Å². The van der Waals surface area contributed by atoms with Crippen molar-refractivity contribution >= 4 is 10.0 Å². The molecule has 2 aliphatic rings. The van der Waals surface area contributed by atoms with Gasteiger partial charge in [0.1, 0.15) is 0 Å². The molecule has 0 aliphatic carbocycles. The Morgan fingerprint density at radius 2 is 2.05 bits per heavy atom. The number of piperidine rings is 1. The van der Waals surface area contributed by atoms with Gasteiger partial charge in [0, 0.05) is 38.3 Å². The maximum Gasteiger partial charge on any atom is 0.208 e. The van der Waals surface area contributed by atoms with Crippen LogP contribution in [0.2, 0.25) is 0 Å². The monoisotopic (exact) mass is 323 g/mol. The summed E-state index contributed by atoms with van der Waals surface area (Å²) in [5, 5.41) is 3.50. The summed E-state index contributed by atoms with van der Waals surface area (Å²) in [4.78, 5) is 2.59. The number of nitrogens with one attached hydrogen (secondary N) is 2. The number of rotatable bonds is 5. The highest BCUT2D eigenvalue weighted by Crippen LogP contribution is 2.36. The van der Waals surface area contributed by atoms with Crippen LogP contribution in [0, 0.1) is 0 Å². The highest BCUT2D eigenvalue weighted by molar-refractivity contribution is 7.88. The quantitative estimate of drug-likeness (QED) is 0.790. The van der Waals surface area contributed by atoms with Crippen LogP contribution in [0.15, 0.2) is 24.3 Å². The van der Waals surface area contributed by atoms with Gasteiger partial charge in [-0.3, -0.25) is 4.90 Å². The van der Waals surface area contributed by atoms with E-state index in [1.807, 2.05) is 0 Å². The molecule has 0 radical (unpaired) electrons. The summed E-state index contributed by atoms with van der Waals surface area (Å²) in [5.74, 6) is 0. The molecule has 0 bridgehead atoms. The number of nitrogens with zero attached hydrogens (tertiary/aromatic N) is 1. The minimum atomic E-state index is -3.08. The van der Waals surface area contributed by atoms with Gasteiger partial charge >= 0.3 is 0 Å². The van der Waals surface area contributed by atoms with E-state index in [1.54, 1.807) is 0 Å². The second-order valence-corrected chi connectivity index (χ2v) is 8.18. The highest BCUT2D eigenvalue weighted by atomic mass is 32.2. The van der Waals surface area contributed by atoms with E-state index in [9.17, 15) is 8.42 Å². The standard InChI is InChI=1S/C16H25N3O2S/c1-22(20,21)18-9-8-17-14-7-11-19-10-6-13-4-2-3-5-15(13)16(19)12-14/h2-5,14,16-18H,6-12H2,1H3/t14-,16-/m0/s1. The van der Waals surface area contributed by atoms with Crippen LogP contribution in [-0.2, 0) is 16.4 Å². The number of fused-ring (bicyclic) bond motifs is 3. The lowest BCUT2D eigenvalue weighted by atomic mass is 9.85. The molecule has 1 fully saturated rings. The summed E-state index contributed by atoms with van der Waals surface area (Å²) >= 11 is 0. The van der Waals surface area contributed by atoms with Crippen LogP contribution in [0.5, 0.6) is 0 Å². The zero-order valence-corrected chi connectivity index (χ0v) is 13.9. The second kappa shape index (κ2) is 6.66. The summed E-state index contributed by atoms with van der Waals surface area (Å²) in [6, 6.07) is 9.76. The molecule has 0 spiro atoms. The van der Waals surface area contributed by atoms with Crippen LogP contribution in [0.25, 0.3) is 0 Å². The van der Waals surface area contributed by atoms with Gasteiger partial charge in [0.25, 0.3) is 0 Å². The first-order valence-corrected chi connectivity index (χ1v) is 9.92. The van der Waals surface area contributed by atoms with Crippen molar-refractivity contribution in [3.63, 3.8) is 0 Å². The molecule has 5 nitrogen and oxygen atoms in total. The molecule has 2 heterocycles. The fraction of sp³-hybridized carbons (Fsp3) is 0.625. The third-order valence-corrected chi connectivity index (χ3v) is 5.45. The van der Waals surface area contributed by atoms with Crippen molar-refractivity contribution < 1.29 is 8.42 Å². The maximum atomic E-state index is 11.1. The van der Waals surface area contributed by atoms with Gasteiger partial charge in [-0.1, -0.05) is 24.3 Å². The Bertz CT molecular complexity index is 618. The molecule has 22 heavy (non-hydrogen) atoms. The minimum Gasteiger partial charge on any atom is -0.313 e. The van der Waals surface area contributed by atoms with E-state index in [-0.39, 0.29) is 0 Å². The Morgan fingerprint density at radius 3 is 2.86 bits per heavy atom. The maximum absolute atomic E-state index is 11.1. The van der Waals surface area contributed by atoms with E-state index in [4.69, 9.17) is 0 Å². The molecule has 6 heteroatoms. The van der Waals surface area contributed by atoms with Crippen molar-refractivity contribution in [3.8, 4) is 0 Å². The van der Waals surface area contributed by atoms with Gasteiger partial charge in [-0.05, 0) is 30.4 Å². The van der Waals surface area contributed by atoms with Crippen molar-refractivity contribution in [1.29, 1.82) is 0 Å². The average molecular weight is 323 g/mol. The molecule has 0 saturated carbocycles. The summed E-state index contributed by atoms with van der Waals surface area (Å²) < 4.78 is 24.7. The molecular weight excluding hydrogens is 298 g/mol. The number of sulfonamides is 1. The van der Waals surface area contributed by atoms with Crippen molar-refractivity contribution in [3.05, 3.63) is 35.4 Å². The van der Waals surface area contributed by atoms with Crippen molar-refractivity contribution in [2.24, 2.45) is 0 Å². The highest BCUT2D eigenvalue weighted by Gasteiger charge is 2.32. The van der Waals surface area contributed by atoms with Crippen LogP contribution < -0.4 is 10.0 Å². The normalized spacial score (nSPS) is 25.5. The first-order valence-electron chi connectivity index (χ1n) is 8.03. The van der Waals surface area contributed by atoms with E-state index in [1.165, 1.54) is 17.4 Å². The van der Waals surface area contributed by atoms with Crippen LogP contribution in [0.4, 0.5) is 0 Å². The van der Waals surface area contributed by atoms with E-state index >= 15 is 0 Å². The first kappa shape index (κ1) is 15.9. The lowest BCUT2D eigenvalue weighted by molar-refractivity contribution is 0.116. The molecule has 1 aromatic carbocycles. The van der Waals surface area contributed by atoms with Gasteiger partial charge in [0.2, 0.25) is 10.0 Å². The minimum absolute atomic E-state index is 0.459. The summed E-state index contributed by atoms with van der Waals surface area (Å²) in [6.45, 7) is 3.42. The second-order valence-electron chi connectivity index (χ2n) is 6.34. The van der Waals surface area contributed by atoms with Gasteiger partial charge in [0.15, 0.2) is 0 Å². The van der Waals surface area contributed by atoms with E-state index in [0.29, 0.717) is 25.2 Å². The Morgan fingerprint density at radius 1 is 1.23 bits per heavy atom. The first-order chi connectivity index (χ1) is 10.5. The molecule has 2 aliphatic heterocycles. The molecule has 0 aromatic heterocycles. The molecule has 2 N–H and O–H groups in total.